The summed E-state index contributed by atoms with van der Waals surface area (Å²) in [4.78, 5) is 2.48. The first-order valence-corrected chi connectivity index (χ1v) is 7.58. The minimum absolute atomic E-state index is 0.691. The molecule has 1 N–H and O–H groups in total. The lowest BCUT2D eigenvalue weighted by atomic mass is 10.1. The number of nitrogens with one attached hydrogen (secondary N) is 1. The largest absolute Gasteiger partial charge is 0.371 e. The molecule has 0 aromatic heterocycles. The molecule has 0 heterocycles. The molecule has 0 bridgehead atoms. The molecule has 2 nitrogen and oxygen atoms in total. The van der Waals surface area contributed by atoms with E-state index in [2.05, 4.69) is 69.1 Å². The standard InChI is InChI=1S/C17H30N2/c1-6-19(13-15(4)5)17-10-8-7-9-16(17)12-18-11-14(2)3/h7-10,14-15,18H,6,11-13H2,1-5H3. The summed E-state index contributed by atoms with van der Waals surface area (Å²) in [5.41, 5.74) is 2.79. The Labute approximate surface area is 119 Å². The van der Waals surface area contributed by atoms with Gasteiger partial charge in [0.25, 0.3) is 0 Å². The maximum atomic E-state index is 3.55. The molecule has 0 aliphatic rings. The van der Waals surface area contributed by atoms with Crippen LogP contribution in [0.25, 0.3) is 0 Å². The average molecular weight is 262 g/mol. The van der Waals surface area contributed by atoms with Crippen molar-refractivity contribution in [1.29, 1.82) is 0 Å². The third-order valence-electron chi connectivity index (χ3n) is 3.17. The van der Waals surface area contributed by atoms with Crippen molar-refractivity contribution in [2.45, 2.75) is 41.2 Å². The molecule has 2 heteroatoms. The van der Waals surface area contributed by atoms with Crippen molar-refractivity contribution in [1.82, 2.24) is 5.32 Å². The van der Waals surface area contributed by atoms with E-state index < -0.39 is 0 Å². The predicted molar refractivity (Wildman–Crippen MR) is 85.7 cm³/mol. The predicted octanol–water partition coefficient (Wildman–Crippen LogP) is 3.91. The Balaban J connectivity index is 2.75. The van der Waals surface area contributed by atoms with E-state index in [1.807, 2.05) is 0 Å². The lowest BCUT2D eigenvalue weighted by Crippen LogP contribution is -2.29. The molecule has 1 aromatic carbocycles. The van der Waals surface area contributed by atoms with Crippen molar-refractivity contribution >= 4 is 5.69 Å². The number of rotatable bonds is 8. The van der Waals surface area contributed by atoms with Crippen LogP contribution >= 0.6 is 0 Å². The minimum atomic E-state index is 0.691. The Bertz CT molecular complexity index is 358. The van der Waals surface area contributed by atoms with Crippen molar-refractivity contribution in [2.75, 3.05) is 24.5 Å². The summed E-state index contributed by atoms with van der Waals surface area (Å²) in [6, 6.07) is 8.77. The van der Waals surface area contributed by atoms with Crippen LogP contribution in [0.1, 0.15) is 40.2 Å². The van der Waals surface area contributed by atoms with Crippen LogP contribution in [0, 0.1) is 11.8 Å². The summed E-state index contributed by atoms with van der Waals surface area (Å²) < 4.78 is 0. The Morgan fingerprint density at radius 1 is 1.05 bits per heavy atom. The zero-order valence-corrected chi connectivity index (χ0v) is 13.2. The van der Waals surface area contributed by atoms with Crippen LogP contribution in [-0.2, 0) is 6.54 Å². The SMILES string of the molecule is CCN(CC(C)C)c1ccccc1CNCC(C)C. The molecule has 0 unspecified atom stereocenters. The molecule has 0 atom stereocenters. The highest BCUT2D eigenvalue weighted by atomic mass is 15.1. The molecule has 1 aromatic rings. The summed E-state index contributed by atoms with van der Waals surface area (Å²) in [6.45, 7) is 15.5. The van der Waals surface area contributed by atoms with Gasteiger partial charge in [0.1, 0.15) is 0 Å². The van der Waals surface area contributed by atoms with Crippen LogP contribution in [0.4, 0.5) is 5.69 Å². The van der Waals surface area contributed by atoms with Gasteiger partial charge in [-0.2, -0.15) is 0 Å². The molecular formula is C17H30N2. The van der Waals surface area contributed by atoms with Gasteiger partial charge in [0.2, 0.25) is 0 Å². The molecule has 1 rings (SSSR count). The fourth-order valence-corrected chi connectivity index (χ4v) is 2.30. The normalized spacial score (nSPS) is 11.3. The van der Waals surface area contributed by atoms with E-state index in [-0.39, 0.29) is 0 Å². The van der Waals surface area contributed by atoms with E-state index >= 15 is 0 Å². The third-order valence-corrected chi connectivity index (χ3v) is 3.17. The summed E-state index contributed by atoms with van der Waals surface area (Å²) in [5.74, 6) is 1.39. The van der Waals surface area contributed by atoms with Gasteiger partial charge in [-0.3, -0.25) is 0 Å². The van der Waals surface area contributed by atoms with Crippen molar-refractivity contribution in [2.24, 2.45) is 11.8 Å². The highest BCUT2D eigenvalue weighted by Gasteiger charge is 2.10. The number of hydrogen-bond acceptors (Lipinski definition) is 2. The van der Waals surface area contributed by atoms with Crippen LogP contribution in [-0.4, -0.2) is 19.6 Å². The summed E-state index contributed by atoms with van der Waals surface area (Å²) in [5, 5.41) is 3.55. The molecule has 0 saturated carbocycles. The van der Waals surface area contributed by atoms with Gasteiger partial charge in [-0.05, 0) is 36.9 Å². The van der Waals surface area contributed by atoms with Gasteiger partial charge in [0.05, 0.1) is 0 Å². The molecule has 0 radical (unpaired) electrons. The highest BCUT2D eigenvalue weighted by molar-refractivity contribution is 5.53. The number of para-hydroxylation sites is 1. The van der Waals surface area contributed by atoms with Crippen LogP contribution in [0.2, 0.25) is 0 Å². The average Bonchev–Trinajstić information content (AvgIpc) is 2.36. The molecule has 108 valence electrons. The monoisotopic (exact) mass is 262 g/mol. The second-order valence-electron chi connectivity index (χ2n) is 6.09. The number of nitrogens with zero attached hydrogens (tertiary/aromatic N) is 1. The van der Waals surface area contributed by atoms with E-state index in [4.69, 9.17) is 0 Å². The molecule has 0 amide bonds. The topological polar surface area (TPSA) is 15.3 Å². The second kappa shape index (κ2) is 8.21. The lowest BCUT2D eigenvalue weighted by molar-refractivity contribution is 0.550. The maximum absolute atomic E-state index is 3.55. The van der Waals surface area contributed by atoms with Crippen LogP contribution in [0.5, 0.6) is 0 Å². The van der Waals surface area contributed by atoms with E-state index in [9.17, 15) is 0 Å². The van der Waals surface area contributed by atoms with E-state index in [1.165, 1.54) is 11.3 Å². The van der Waals surface area contributed by atoms with Gasteiger partial charge >= 0.3 is 0 Å². The first-order chi connectivity index (χ1) is 9.04. The first kappa shape index (κ1) is 16.0. The molecule has 0 spiro atoms. The Morgan fingerprint density at radius 2 is 1.74 bits per heavy atom. The zero-order valence-electron chi connectivity index (χ0n) is 13.2. The van der Waals surface area contributed by atoms with Gasteiger partial charge in [-0.1, -0.05) is 45.9 Å². The Hall–Kier alpha value is -1.02. The highest BCUT2D eigenvalue weighted by Crippen LogP contribution is 2.21. The number of anilines is 1. The van der Waals surface area contributed by atoms with Crippen molar-refractivity contribution in [3.63, 3.8) is 0 Å². The molecule has 0 aliphatic carbocycles. The van der Waals surface area contributed by atoms with Crippen LogP contribution in [0.15, 0.2) is 24.3 Å². The van der Waals surface area contributed by atoms with Crippen molar-refractivity contribution < 1.29 is 0 Å². The number of benzene rings is 1. The fraction of sp³-hybridized carbons (Fsp3) is 0.647. The van der Waals surface area contributed by atoms with E-state index in [1.54, 1.807) is 0 Å². The molecule has 0 aliphatic heterocycles. The zero-order chi connectivity index (χ0) is 14.3. The van der Waals surface area contributed by atoms with Crippen molar-refractivity contribution in [3.05, 3.63) is 29.8 Å². The molecule has 0 saturated heterocycles. The molecule has 0 fully saturated rings. The molecule has 19 heavy (non-hydrogen) atoms. The van der Waals surface area contributed by atoms with Crippen LogP contribution < -0.4 is 10.2 Å². The number of hydrogen-bond donors (Lipinski definition) is 1. The Kier molecular flexibility index (Phi) is 6.93. The fourth-order valence-electron chi connectivity index (χ4n) is 2.30. The summed E-state index contributed by atoms with van der Waals surface area (Å²) >= 11 is 0. The summed E-state index contributed by atoms with van der Waals surface area (Å²) in [6.07, 6.45) is 0. The van der Waals surface area contributed by atoms with E-state index in [0.29, 0.717) is 11.8 Å². The van der Waals surface area contributed by atoms with Gasteiger partial charge in [0, 0.05) is 25.3 Å². The van der Waals surface area contributed by atoms with Gasteiger partial charge in [0.15, 0.2) is 0 Å². The first-order valence-electron chi connectivity index (χ1n) is 7.58. The summed E-state index contributed by atoms with van der Waals surface area (Å²) in [7, 11) is 0. The van der Waals surface area contributed by atoms with Crippen LogP contribution in [0.3, 0.4) is 0 Å². The smallest absolute Gasteiger partial charge is 0.0411 e. The van der Waals surface area contributed by atoms with Gasteiger partial charge in [-0.25, -0.2) is 0 Å². The Morgan fingerprint density at radius 3 is 2.32 bits per heavy atom. The second-order valence-corrected chi connectivity index (χ2v) is 6.09. The quantitative estimate of drug-likeness (QED) is 0.764. The van der Waals surface area contributed by atoms with Crippen molar-refractivity contribution in [3.8, 4) is 0 Å². The van der Waals surface area contributed by atoms with E-state index in [0.717, 1.165) is 26.2 Å². The molecular weight excluding hydrogens is 232 g/mol. The van der Waals surface area contributed by atoms with Gasteiger partial charge < -0.3 is 10.2 Å². The lowest BCUT2D eigenvalue weighted by Gasteiger charge is -2.27. The van der Waals surface area contributed by atoms with Gasteiger partial charge in [-0.15, -0.1) is 0 Å². The maximum Gasteiger partial charge on any atom is 0.0411 e. The third kappa shape index (κ3) is 5.65. The minimum Gasteiger partial charge on any atom is -0.371 e.